The van der Waals surface area contributed by atoms with Crippen LogP contribution in [0.1, 0.15) is 22.3 Å². The summed E-state index contributed by atoms with van der Waals surface area (Å²) in [5, 5.41) is 4.63. The normalized spacial score (nSPS) is 12.9. The Morgan fingerprint density at radius 1 is 0.381 bits per heavy atom. The van der Waals surface area contributed by atoms with Crippen molar-refractivity contribution in [3.63, 3.8) is 0 Å². The van der Waals surface area contributed by atoms with Crippen molar-refractivity contribution >= 4 is 53.4 Å². The molecule has 0 atom stereocenters. The van der Waals surface area contributed by atoms with Crippen LogP contribution in [-0.2, 0) is 5.41 Å². The standard InChI is InChI=1S/C58H35N3OS/c1-3-19-38(20-4-1)58(39-21-5-2-6-22-39)48-31-10-7-25-45(48)52-46(29-16-32-49(52)58)56-59-55(60-57(61-56)47-30-15-28-44-42-24-9-12-34-51(42)63-54(44)47)37-18-13-17-36(35-37)40-26-14-27-43-41-23-8-11-33-50(41)62-53(40)43/h1-35H. The summed E-state index contributed by atoms with van der Waals surface area (Å²) < 4.78 is 8.90. The summed E-state index contributed by atoms with van der Waals surface area (Å²) in [5.74, 6) is 1.87. The Bertz CT molecular complexity index is 3720. The summed E-state index contributed by atoms with van der Waals surface area (Å²) in [4.78, 5) is 16.3. The number of furan rings is 1. The smallest absolute Gasteiger partial charge is 0.165 e. The van der Waals surface area contributed by atoms with Crippen LogP contribution >= 0.6 is 11.3 Å². The largest absolute Gasteiger partial charge is 0.455 e. The Labute approximate surface area is 367 Å². The second-order valence-corrected chi connectivity index (χ2v) is 17.3. The number of para-hydroxylation sites is 2. The minimum absolute atomic E-state index is 0.558. The van der Waals surface area contributed by atoms with Gasteiger partial charge in [-0.2, -0.15) is 0 Å². The average molecular weight is 822 g/mol. The summed E-state index contributed by atoms with van der Waals surface area (Å²) in [6.07, 6.45) is 0. The Kier molecular flexibility index (Phi) is 7.96. The summed E-state index contributed by atoms with van der Waals surface area (Å²) in [5.41, 5.74) is 13.2. The van der Waals surface area contributed by atoms with E-state index in [-0.39, 0.29) is 0 Å². The fourth-order valence-electron chi connectivity index (χ4n) is 10.1. The second-order valence-electron chi connectivity index (χ2n) is 16.2. The molecule has 1 aliphatic carbocycles. The van der Waals surface area contributed by atoms with Gasteiger partial charge in [0.1, 0.15) is 11.2 Å². The van der Waals surface area contributed by atoms with E-state index in [0.717, 1.165) is 60.0 Å². The Hall–Kier alpha value is -7.99. The van der Waals surface area contributed by atoms with E-state index in [1.807, 2.05) is 12.1 Å². The van der Waals surface area contributed by atoms with E-state index < -0.39 is 5.41 Å². The van der Waals surface area contributed by atoms with Gasteiger partial charge in [-0.05, 0) is 63.2 Å². The van der Waals surface area contributed by atoms with Crippen LogP contribution in [0, 0.1) is 0 Å². The molecule has 0 fully saturated rings. The first-order chi connectivity index (χ1) is 31.2. The number of nitrogens with zero attached hydrogens (tertiary/aromatic N) is 3. The van der Waals surface area contributed by atoms with Crippen molar-refractivity contribution in [3.8, 4) is 56.4 Å². The Morgan fingerprint density at radius 2 is 0.937 bits per heavy atom. The van der Waals surface area contributed by atoms with Crippen molar-refractivity contribution in [1.82, 2.24) is 15.0 Å². The highest BCUT2D eigenvalue weighted by Crippen LogP contribution is 2.58. The van der Waals surface area contributed by atoms with Crippen molar-refractivity contribution < 1.29 is 4.42 Å². The van der Waals surface area contributed by atoms with Crippen LogP contribution in [0.15, 0.2) is 217 Å². The van der Waals surface area contributed by atoms with Gasteiger partial charge >= 0.3 is 0 Å². The van der Waals surface area contributed by atoms with Crippen molar-refractivity contribution in [2.75, 3.05) is 0 Å². The second kappa shape index (κ2) is 14.0. The first kappa shape index (κ1) is 35.7. The highest BCUT2D eigenvalue weighted by molar-refractivity contribution is 7.26. The molecule has 4 nitrogen and oxygen atoms in total. The lowest BCUT2D eigenvalue weighted by Gasteiger charge is -2.33. The van der Waals surface area contributed by atoms with Gasteiger partial charge in [-0.15, -0.1) is 11.3 Å². The number of hydrogen-bond donors (Lipinski definition) is 0. The van der Waals surface area contributed by atoms with Crippen LogP contribution in [0.3, 0.4) is 0 Å². The van der Waals surface area contributed by atoms with Gasteiger partial charge in [0.15, 0.2) is 17.5 Å². The van der Waals surface area contributed by atoms with Gasteiger partial charge < -0.3 is 4.42 Å². The zero-order valence-corrected chi connectivity index (χ0v) is 34.7. The lowest BCUT2D eigenvalue weighted by atomic mass is 9.67. The number of aromatic nitrogens is 3. The van der Waals surface area contributed by atoms with Gasteiger partial charge in [-0.3, -0.25) is 0 Å². The molecule has 0 bridgehead atoms. The third-order valence-electron chi connectivity index (χ3n) is 12.8. The number of hydrogen-bond acceptors (Lipinski definition) is 5. The molecule has 3 heterocycles. The third kappa shape index (κ3) is 5.37. The van der Waals surface area contributed by atoms with Crippen LogP contribution < -0.4 is 0 Å². The molecule has 294 valence electrons. The van der Waals surface area contributed by atoms with Crippen molar-refractivity contribution in [1.29, 1.82) is 0 Å². The molecule has 1 aliphatic rings. The molecule has 0 unspecified atom stereocenters. The van der Waals surface area contributed by atoms with Crippen LogP contribution in [0.2, 0.25) is 0 Å². The van der Waals surface area contributed by atoms with Crippen LogP contribution in [0.5, 0.6) is 0 Å². The lowest BCUT2D eigenvalue weighted by Crippen LogP contribution is -2.28. The maximum Gasteiger partial charge on any atom is 0.165 e. The van der Waals surface area contributed by atoms with E-state index in [1.165, 1.54) is 43.3 Å². The van der Waals surface area contributed by atoms with E-state index in [9.17, 15) is 0 Å². The first-order valence-electron chi connectivity index (χ1n) is 21.3. The highest BCUT2D eigenvalue weighted by Gasteiger charge is 2.47. The Morgan fingerprint density at radius 3 is 1.76 bits per heavy atom. The molecule has 5 heteroatoms. The maximum absolute atomic E-state index is 6.52. The predicted molar refractivity (Wildman–Crippen MR) is 259 cm³/mol. The lowest BCUT2D eigenvalue weighted by molar-refractivity contribution is 0.670. The summed E-state index contributed by atoms with van der Waals surface area (Å²) in [6, 6.07) is 75.5. The number of thiophene rings is 1. The van der Waals surface area contributed by atoms with Crippen molar-refractivity contribution in [2.45, 2.75) is 5.41 Å². The third-order valence-corrected chi connectivity index (χ3v) is 14.1. The molecule has 13 rings (SSSR count). The molecule has 63 heavy (non-hydrogen) atoms. The molecule has 9 aromatic carbocycles. The summed E-state index contributed by atoms with van der Waals surface area (Å²) in [7, 11) is 0. The first-order valence-corrected chi connectivity index (χ1v) is 22.1. The van der Waals surface area contributed by atoms with Crippen LogP contribution in [0.4, 0.5) is 0 Å². The fraction of sp³-hybridized carbons (Fsp3) is 0.0172. The topological polar surface area (TPSA) is 51.8 Å². The molecule has 0 amide bonds. The van der Waals surface area contributed by atoms with Crippen molar-refractivity contribution in [3.05, 3.63) is 235 Å². The van der Waals surface area contributed by atoms with E-state index in [0.29, 0.717) is 17.5 Å². The van der Waals surface area contributed by atoms with Gasteiger partial charge in [0.25, 0.3) is 0 Å². The molecular weight excluding hydrogens is 787 g/mol. The zero-order chi connectivity index (χ0) is 41.5. The van der Waals surface area contributed by atoms with Crippen LogP contribution in [0.25, 0.3) is 98.5 Å². The van der Waals surface area contributed by atoms with Gasteiger partial charge in [0, 0.05) is 53.2 Å². The molecule has 0 N–H and O–H groups in total. The maximum atomic E-state index is 6.52. The molecule has 0 saturated heterocycles. The summed E-state index contributed by atoms with van der Waals surface area (Å²) >= 11 is 1.78. The molecular formula is C58H35N3OS. The monoisotopic (exact) mass is 821 g/mol. The van der Waals surface area contributed by atoms with Crippen LogP contribution in [-0.4, -0.2) is 15.0 Å². The van der Waals surface area contributed by atoms with Gasteiger partial charge in [-0.25, -0.2) is 15.0 Å². The molecule has 3 aromatic heterocycles. The van der Waals surface area contributed by atoms with Gasteiger partial charge in [0.05, 0.1) is 5.41 Å². The minimum atomic E-state index is -0.558. The SMILES string of the molecule is c1ccc(C2(c3ccccc3)c3ccccc3-c3c(-c4nc(-c5cccc(-c6cccc7c6oc6ccccc67)c5)nc(-c5cccc6c5sc5ccccc56)n4)cccc32)cc1. The van der Waals surface area contributed by atoms with Gasteiger partial charge in [-0.1, -0.05) is 188 Å². The van der Waals surface area contributed by atoms with E-state index in [2.05, 4.69) is 200 Å². The molecule has 0 aliphatic heterocycles. The number of rotatable bonds is 6. The summed E-state index contributed by atoms with van der Waals surface area (Å²) in [6.45, 7) is 0. The highest BCUT2D eigenvalue weighted by atomic mass is 32.1. The van der Waals surface area contributed by atoms with Crippen molar-refractivity contribution in [2.24, 2.45) is 0 Å². The molecule has 0 radical (unpaired) electrons. The Balaban J connectivity index is 1.07. The predicted octanol–water partition coefficient (Wildman–Crippen LogP) is 15.2. The minimum Gasteiger partial charge on any atom is -0.455 e. The van der Waals surface area contributed by atoms with E-state index in [4.69, 9.17) is 19.4 Å². The zero-order valence-electron chi connectivity index (χ0n) is 33.9. The number of benzene rings is 9. The molecule has 0 spiro atoms. The van der Waals surface area contributed by atoms with Gasteiger partial charge in [0.2, 0.25) is 0 Å². The van der Waals surface area contributed by atoms with E-state index in [1.54, 1.807) is 11.3 Å². The molecule has 12 aromatic rings. The molecule has 0 saturated carbocycles. The quantitative estimate of drug-likeness (QED) is 0.168. The van der Waals surface area contributed by atoms with E-state index >= 15 is 0 Å². The number of fused-ring (bicyclic) bond motifs is 9. The average Bonchev–Trinajstić information content (AvgIpc) is 4.03. The fourth-order valence-corrected chi connectivity index (χ4v) is 11.4.